The van der Waals surface area contributed by atoms with Gasteiger partial charge >= 0.3 is 6.09 Å². The summed E-state index contributed by atoms with van der Waals surface area (Å²) in [6, 6.07) is 7.00. The Morgan fingerprint density at radius 1 is 1.22 bits per heavy atom. The molecule has 12 heteroatoms. The van der Waals surface area contributed by atoms with E-state index >= 15 is 0 Å². The van der Waals surface area contributed by atoms with Crippen molar-refractivity contribution in [1.82, 2.24) is 16.0 Å². The molecule has 206 valence electrons. The Labute approximate surface area is 217 Å². The van der Waals surface area contributed by atoms with Gasteiger partial charge in [0.25, 0.3) is 0 Å². The lowest BCUT2D eigenvalue weighted by molar-refractivity contribution is -0.126. The number of alkyl carbamates (subject to hydrolysis) is 1. The van der Waals surface area contributed by atoms with Crippen LogP contribution in [0, 0.1) is 11.8 Å². The molecular weight excluding hydrogens is 502 g/mol. The fourth-order valence-electron chi connectivity index (χ4n) is 4.83. The second-order valence-electron chi connectivity index (χ2n) is 10.4. The maximum atomic E-state index is 13.2. The SMILES string of the molecule is CC(C)C[C@H](NC(=O)OC1(Cc2ccccc2)CCC1)C(=O)N[C@@H](C[C@@H]1CCNC1=O)C(O)S(=O)(=O)[O-]. The van der Waals surface area contributed by atoms with E-state index in [1.54, 1.807) is 0 Å². The zero-order chi connectivity index (χ0) is 27.2. The van der Waals surface area contributed by atoms with Crippen LogP contribution in [0.2, 0.25) is 0 Å². The van der Waals surface area contributed by atoms with Crippen LogP contribution in [-0.4, -0.2) is 65.7 Å². The third-order valence-corrected chi connectivity index (χ3v) is 7.85. The number of rotatable bonds is 12. The van der Waals surface area contributed by atoms with Gasteiger partial charge in [-0.2, -0.15) is 0 Å². The molecule has 1 unspecified atom stereocenters. The molecule has 0 radical (unpaired) electrons. The summed E-state index contributed by atoms with van der Waals surface area (Å²) in [4.78, 5) is 38.0. The molecule has 0 spiro atoms. The molecule has 3 amide bonds. The zero-order valence-electron chi connectivity index (χ0n) is 21.1. The van der Waals surface area contributed by atoms with Gasteiger partial charge in [-0.1, -0.05) is 44.2 Å². The molecule has 2 aliphatic rings. The number of hydrogen-bond donors (Lipinski definition) is 4. The molecule has 1 aromatic carbocycles. The minimum atomic E-state index is -5.18. The normalized spacial score (nSPS) is 21.3. The average molecular weight is 539 g/mol. The molecule has 3 rings (SSSR count). The number of carbonyl (C=O) groups excluding carboxylic acids is 3. The van der Waals surface area contributed by atoms with E-state index in [1.165, 1.54) is 0 Å². The second-order valence-corrected chi connectivity index (χ2v) is 11.9. The van der Waals surface area contributed by atoms with E-state index in [0.717, 1.165) is 12.0 Å². The van der Waals surface area contributed by atoms with Crippen molar-refractivity contribution in [3.8, 4) is 0 Å². The molecule has 37 heavy (non-hydrogen) atoms. The van der Waals surface area contributed by atoms with Gasteiger partial charge in [-0.15, -0.1) is 0 Å². The van der Waals surface area contributed by atoms with E-state index in [1.807, 2.05) is 44.2 Å². The fraction of sp³-hybridized carbons (Fsp3) is 0.640. The van der Waals surface area contributed by atoms with Crippen molar-refractivity contribution in [3.63, 3.8) is 0 Å². The third-order valence-electron chi connectivity index (χ3n) is 6.93. The summed E-state index contributed by atoms with van der Waals surface area (Å²) in [5, 5.41) is 17.7. The number of aliphatic hydroxyl groups excluding tert-OH is 1. The first-order chi connectivity index (χ1) is 17.4. The number of amides is 3. The summed E-state index contributed by atoms with van der Waals surface area (Å²) in [7, 11) is -5.18. The monoisotopic (exact) mass is 538 g/mol. The predicted molar refractivity (Wildman–Crippen MR) is 133 cm³/mol. The largest absolute Gasteiger partial charge is 0.746 e. The Kier molecular flexibility index (Phi) is 9.54. The van der Waals surface area contributed by atoms with E-state index in [-0.39, 0.29) is 24.7 Å². The summed E-state index contributed by atoms with van der Waals surface area (Å²) >= 11 is 0. The van der Waals surface area contributed by atoms with Crippen molar-refractivity contribution in [2.75, 3.05) is 6.54 Å². The topological polar surface area (TPSA) is 174 Å². The molecule has 1 aliphatic carbocycles. The summed E-state index contributed by atoms with van der Waals surface area (Å²) in [6.45, 7) is 4.05. The highest BCUT2D eigenvalue weighted by Crippen LogP contribution is 2.38. The standard InChI is InChI=1S/C25H37N3O8S/c1-16(2)13-19(28-24(32)36-25(10-6-11-25)15-17-7-4-3-5-8-17)22(30)27-20(23(31)37(33,34)35)14-18-9-12-26-21(18)29/h3-5,7-8,16,18-20,23,31H,6,9-15H2,1-2H3,(H,26,29)(H,27,30)(H,28,32)(H,33,34,35)/p-1/t18-,19-,20-,23?/m0/s1. The van der Waals surface area contributed by atoms with Gasteiger partial charge in [-0.25, -0.2) is 13.2 Å². The van der Waals surface area contributed by atoms with Gasteiger partial charge < -0.3 is 30.3 Å². The highest BCUT2D eigenvalue weighted by atomic mass is 32.2. The number of carbonyl (C=O) groups is 3. The molecule has 4 atom stereocenters. The lowest BCUT2D eigenvalue weighted by Gasteiger charge is -2.41. The minimum Gasteiger partial charge on any atom is -0.746 e. The number of benzene rings is 1. The van der Waals surface area contributed by atoms with Crippen molar-refractivity contribution in [2.24, 2.45) is 11.8 Å². The molecule has 4 N–H and O–H groups in total. The molecule has 1 aliphatic heterocycles. The van der Waals surface area contributed by atoms with E-state index in [0.29, 0.717) is 32.2 Å². The lowest BCUT2D eigenvalue weighted by atomic mass is 9.76. The Hall–Kier alpha value is -2.70. The van der Waals surface area contributed by atoms with Gasteiger partial charge in [0.2, 0.25) is 11.8 Å². The van der Waals surface area contributed by atoms with Gasteiger partial charge in [0.1, 0.15) is 21.8 Å². The van der Waals surface area contributed by atoms with Gasteiger partial charge in [0.05, 0.1) is 6.04 Å². The van der Waals surface area contributed by atoms with Crippen LogP contribution in [0.1, 0.15) is 57.9 Å². The summed E-state index contributed by atoms with van der Waals surface area (Å²) in [5.74, 6) is -1.83. The molecular formula is C25H36N3O8S-. The smallest absolute Gasteiger partial charge is 0.408 e. The van der Waals surface area contributed by atoms with Crippen molar-refractivity contribution in [1.29, 1.82) is 0 Å². The third kappa shape index (κ3) is 8.14. The molecule has 1 saturated heterocycles. The van der Waals surface area contributed by atoms with Crippen molar-refractivity contribution >= 4 is 28.0 Å². The van der Waals surface area contributed by atoms with Gasteiger partial charge in [-0.05, 0) is 50.0 Å². The van der Waals surface area contributed by atoms with Crippen LogP contribution < -0.4 is 16.0 Å². The molecule has 11 nitrogen and oxygen atoms in total. The van der Waals surface area contributed by atoms with Crippen molar-refractivity contribution in [3.05, 3.63) is 35.9 Å². The minimum absolute atomic E-state index is 0.0368. The quantitative estimate of drug-likeness (QED) is 0.287. The first-order valence-electron chi connectivity index (χ1n) is 12.6. The van der Waals surface area contributed by atoms with Crippen LogP contribution in [0.5, 0.6) is 0 Å². The van der Waals surface area contributed by atoms with Crippen LogP contribution in [0.4, 0.5) is 4.79 Å². The van der Waals surface area contributed by atoms with E-state index in [4.69, 9.17) is 4.74 Å². The molecule has 0 aromatic heterocycles. The van der Waals surface area contributed by atoms with Crippen LogP contribution in [0.3, 0.4) is 0 Å². The van der Waals surface area contributed by atoms with E-state index < -0.39 is 51.2 Å². The number of hydrogen-bond acceptors (Lipinski definition) is 8. The molecule has 0 bridgehead atoms. The highest BCUT2D eigenvalue weighted by molar-refractivity contribution is 7.86. The highest BCUT2D eigenvalue weighted by Gasteiger charge is 2.42. The predicted octanol–water partition coefficient (Wildman–Crippen LogP) is 1.17. The van der Waals surface area contributed by atoms with Crippen molar-refractivity contribution < 1.29 is 37.2 Å². The molecule has 1 aromatic rings. The fourth-order valence-corrected chi connectivity index (χ4v) is 5.41. The van der Waals surface area contributed by atoms with Crippen LogP contribution in [-0.2, 0) is 30.9 Å². The first kappa shape index (κ1) is 28.9. The van der Waals surface area contributed by atoms with E-state index in [9.17, 15) is 32.5 Å². The molecule has 1 saturated carbocycles. The van der Waals surface area contributed by atoms with Gasteiger partial charge in [0.15, 0.2) is 5.44 Å². The number of ether oxygens (including phenoxy) is 1. The van der Waals surface area contributed by atoms with Crippen molar-refractivity contribution in [2.45, 2.75) is 81.9 Å². The number of nitrogens with one attached hydrogen (secondary N) is 3. The Bertz CT molecular complexity index is 1060. The van der Waals surface area contributed by atoms with Gasteiger partial charge in [-0.3, -0.25) is 9.59 Å². The van der Waals surface area contributed by atoms with Gasteiger partial charge in [0, 0.05) is 18.9 Å². The molecule has 1 heterocycles. The first-order valence-corrected chi connectivity index (χ1v) is 14.1. The summed E-state index contributed by atoms with van der Waals surface area (Å²) in [5.41, 5.74) is -2.09. The molecule has 2 fully saturated rings. The Morgan fingerprint density at radius 2 is 1.89 bits per heavy atom. The van der Waals surface area contributed by atoms with Crippen LogP contribution in [0.25, 0.3) is 0 Å². The summed E-state index contributed by atoms with van der Waals surface area (Å²) in [6.07, 6.45) is 2.39. The second kappa shape index (κ2) is 12.2. The Morgan fingerprint density at radius 3 is 2.41 bits per heavy atom. The maximum absolute atomic E-state index is 13.2. The van der Waals surface area contributed by atoms with Crippen LogP contribution in [0.15, 0.2) is 30.3 Å². The van der Waals surface area contributed by atoms with Crippen LogP contribution >= 0.6 is 0 Å². The van der Waals surface area contributed by atoms with E-state index in [2.05, 4.69) is 16.0 Å². The lowest BCUT2D eigenvalue weighted by Crippen LogP contribution is -2.56. The Balaban J connectivity index is 1.69. The summed E-state index contributed by atoms with van der Waals surface area (Å²) < 4.78 is 40.4. The maximum Gasteiger partial charge on any atom is 0.408 e. The zero-order valence-corrected chi connectivity index (χ0v) is 22.0. The number of aliphatic hydroxyl groups is 1. The average Bonchev–Trinajstić information content (AvgIpc) is 3.20.